The van der Waals surface area contributed by atoms with E-state index >= 15 is 0 Å². The topological polar surface area (TPSA) is 71.2 Å². The molecule has 1 heterocycles. The van der Waals surface area contributed by atoms with Crippen LogP contribution < -0.4 is 10.1 Å². The molecule has 2 rings (SSSR count). The number of carbonyl (C=O) groups excluding carboxylic acids is 2. The molecule has 1 aromatic heterocycles. The molecule has 0 aliphatic carbocycles. The maximum Gasteiger partial charge on any atom is 0.268 e. The number of amides is 1. The molecule has 21 heavy (non-hydrogen) atoms. The summed E-state index contributed by atoms with van der Waals surface area (Å²) in [7, 11) is 1.59. The lowest BCUT2D eigenvalue weighted by atomic mass is 10.1. The summed E-state index contributed by atoms with van der Waals surface area (Å²) < 4.78 is 5.29. The Hall–Kier alpha value is -2.56. The van der Waals surface area contributed by atoms with E-state index in [1.807, 2.05) is 31.2 Å². The Labute approximate surface area is 123 Å². The van der Waals surface area contributed by atoms with E-state index in [1.165, 1.54) is 13.1 Å². The zero-order chi connectivity index (χ0) is 15.4. The Balaban J connectivity index is 2.13. The molecule has 0 saturated carbocycles. The summed E-state index contributed by atoms with van der Waals surface area (Å²) in [6.45, 7) is 3.34. The van der Waals surface area contributed by atoms with Gasteiger partial charge in [0.25, 0.3) is 5.91 Å². The number of ketones is 1. The summed E-state index contributed by atoms with van der Waals surface area (Å²) in [5, 5.41) is 2.88. The normalized spacial score (nSPS) is 11.8. The van der Waals surface area contributed by atoms with Crippen LogP contribution in [0.2, 0.25) is 0 Å². The van der Waals surface area contributed by atoms with Gasteiger partial charge < -0.3 is 15.0 Å². The number of aromatic amines is 1. The van der Waals surface area contributed by atoms with Crippen molar-refractivity contribution in [2.24, 2.45) is 0 Å². The number of carbonyl (C=O) groups is 2. The van der Waals surface area contributed by atoms with E-state index in [9.17, 15) is 9.59 Å². The number of para-hydroxylation sites is 1. The van der Waals surface area contributed by atoms with E-state index in [0.717, 1.165) is 11.3 Å². The van der Waals surface area contributed by atoms with Gasteiger partial charge in [0.1, 0.15) is 11.4 Å². The average molecular weight is 286 g/mol. The zero-order valence-electron chi connectivity index (χ0n) is 12.3. The summed E-state index contributed by atoms with van der Waals surface area (Å²) in [6, 6.07) is 8.86. The lowest BCUT2D eigenvalue weighted by Gasteiger charge is -2.16. The first-order chi connectivity index (χ1) is 10.0. The molecular formula is C16H18N2O3. The van der Waals surface area contributed by atoms with E-state index in [2.05, 4.69) is 10.3 Å². The lowest BCUT2D eigenvalue weighted by Crippen LogP contribution is -2.27. The molecule has 1 aromatic carbocycles. The number of benzene rings is 1. The first-order valence-electron chi connectivity index (χ1n) is 6.66. The number of hydrogen-bond donors (Lipinski definition) is 2. The van der Waals surface area contributed by atoms with E-state index in [1.54, 1.807) is 13.2 Å². The fourth-order valence-electron chi connectivity index (χ4n) is 2.10. The first-order valence-corrected chi connectivity index (χ1v) is 6.66. The van der Waals surface area contributed by atoms with Crippen LogP contribution in [-0.2, 0) is 0 Å². The van der Waals surface area contributed by atoms with Crippen molar-refractivity contribution in [1.29, 1.82) is 0 Å². The fraction of sp³-hybridized carbons (Fsp3) is 0.250. The third-order valence-electron chi connectivity index (χ3n) is 3.29. The molecule has 0 saturated heterocycles. The fourth-order valence-corrected chi connectivity index (χ4v) is 2.10. The molecule has 0 aliphatic heterocycles. The van der Waals surface area contributed by atoms with Gasteiger partial charge >= 0.3 is 0 Å². The molecule has 0 radical (unpaired) electrons. The Morgan fingerprint density at radius 3 is 2.62 bits per heavy atom. The van der Waals surface area contributed by atoms with Crippen LogP contribution in [0.15, 0.2) is 36.5 Å². The van der Waals surface area contributed by atoms with E-state index in [0.29, 0.717) is 11.3 Å². The Bertz CT molecular complexity index is 661. The molecule has 2 N–H and O–H groups in total. The van der Waals surface area contributed by atoms with Crippen molar-refractivity contribution in [3.8, 4) is 5.75 Å². The molecule has 5 nitrogen and oxygen atoms in total. The number of methoxy groups -OCH3 is 1. The van der Waals surface area contributed by atoms with Crippen LogP contribution in [0.1, 0.15) is 46.3 Å². The third kappa shape index (κ3) is 3.31. The monoisotopic (exact) mass is 286 g/mol. The van der Waals surface area contributed by atoms with Gasteiger partial charge in [-0.3, -0.25) is 9.59 Å². The molecule has 1 atom stereocenters. The number of nitrogens with one attached hydrogen (secondary N) is 2. The van der Waals surface area contributed by atoms with Gasteiger partial charge in [-0.1, -0.05) is 18.2 Å². The second-order valence-corrected chi connectivity index (χ2v) is 4.80. The first kappa shape index (κ1) is 14.8. The Kier molecular flexibility index (Phi) is 4.42. The minimum atomic E-state index is -0.263. The maximum atomic E-state index is 12.2. The van der Waals surface area contributed by atoms with Crippen LogP contribution in [0, 0.1) is 0 Å². The number of aromatic nitrogens is 1. The predicted octanol–water partition coefficient (Wildman–Crippen LogP) is 2.72. The smallest absolute Gasteiger partial charge is 0.268 e. The summed E-state index contributed by atoms with van der Waals surface area (Å²) in [4.78, 5) is 26.2. The largest absolute Gasteiger partial charge is 0.496 e. The molecule has 110 valence electrons. The Morgan fingerprint density at radius 2 is 2.00 bits per heavy atom. The second kappa shape index (κ2) is 6.26. The molecule has 1 unspecified atom stereocenters. The minimum absolute atomic E-state index is 0.0805. The number of rotatable bonds is 5. The second-order valence-electron chi connectivity index (χ2n) is 4.80. The Morgan fingerprint density at radius 1 is 1.29 bits per heavy atom. The SMILES string of the molecule is COc1ccccc1C(C)NC(=O)c1cc(C(C)=O)c[nH]1. The van der Waals surface area contributed by atoms with Crippen molar-refractivity contribution in [1.82, 2.24) is 10.3 Å². The van der Waals surface area contributed by atoms with Crippen LogP contribution in [-0.4, -0.2) is 23.8 Å². The standard InChI is InChI=1S/C16H18N2O3/c1-10(13-6-4-5-7-15(13)21-3)18-16(20)14-8-12(9-17-14)11(2)19/h4-10,17H,1-3H3,(H,18,20). The quantitative estimate of drug-likeness (QED) is 0.830. The number of H-pyrrole nitrogens is 1. The van der Waals surface area contributed by atoms with Gasteiger partial charge in [0.15, 0.2) is 5.78 Å². The van der Waals surface area contributed by atoms with Crippen molar-refractivity contribution in [2.75, 3.05) is 7.11 Å². The number of ether oxygens (including phenoxy) is 1. The molecule has 0 aliphatic rings. The average Bonchev–Trinajstić information content (AvgIpc) is 2.97. The molecule has 5 heteroatoms. The van der Waals surface area contributed by atoms with E-state index < -0.39 is 0 Å². The summed E-state index contributed by atoms with van der Waals surface area (Å²) in [5.41, 5.74) is 1.75. The van der Waals surface area contributed by atoms with E-state index in [4.69, 9.17) is 4.74 Å². The molecule has 1 amide bonds. The number of Topliss-reactive ketones (excluding diaryl/α,β-unsaturated/α-hetero) is 1. The van der Waals surface area contributed by atoms with Gasteiger partial charge in [0, 0.05) is 17.3 Å². The van der Waals surface area contributed by atoms with Crippen molar-refractivity contribution in [2.45, 2.75) is 19.9 Å². The minimum Gasteiger partial charge on any atom is -0.496 e. The molecule has 2 aromatic rings. The number of hydrogen-bond acceptors (Lipinski definition) is 3. The highest BCUT2D eigenvalue weighted by Gasteiger charge is 2.16. The predicted molar refractivity (Wildman–Crippen MR) is 79.7 cm³/mol. The molecular weight excluding hydrogens is 268 g/mol. The van der Waals surface area contributed by atoms with Crippen molar-refractivity contribution in [3.05, 3.63) is 53.3 Å². The van der Waals surface area contributed by atoms with Crippen molar-refractivity contribution >= 4 is 11.7 Å². The lowest BCUT2D eigenvalue weighted by molar-refractivity contribution is 0.0935. The molecule has 0 bridgehead atoms. The molecule has 0 fully saturated rings. The third-order valence-corrected chi connectivity index (χ3v) is 3.29. The van der Waals surface area contributed by atoms with Gasteiger partial charge in [-0.15, -0.1) is 0 Å². The highest BCUT2D eigenvalue weighted by Crippen LogP contribution is 2.24. The zero-order valence-corrected chi connectivity index (χ0v) is 12.3. The van der Waals surface area contributed by atoms with Crippen LogP contribution in [0.5, 0.6) is 5.75 Å². The van der Waals surface area contributed by atoms with Gasteiger partial charge in [0.05, 0.1) is 13.2 Å². The van der Waals surface area contributed by atoms with Gasteiger partial charge in [-0.25, -0.2) is 0 Å². The van der Waals surface area contributed by atoms with Crippen LogP contribution in [0.4, 0.5) is 0 Å². The maximum absolute atomic E-state index is 12.2. The molecule has 0 spiro atoms. The summed E-state index contributed by atoms with van der Waals surface area (Å²) >= 11 is 0. The van der Waals surface area contributed by atoms with E-state index in [-0.39, 0.29) is 17.7 Å². The highest BCUT2D eigenvalue weighted by molar-refractivity contribution is 5.99. The van der Waals surface area contributed by atoms with Crippen molar-refractivity contribution in [3.63, 3.8) is 0 Å². The summed E-state index contributed by atoms with van der Waals surface area (Å²) in [5.74, 6) is 0.380. The van der Waals surface area contributed by atoms with Gasteiger partial charge in [-0.2, -0.15) is 0 Å². The van der Waals surface area contributed by atoms with Crippen molar-refractivity contribution < 1.29 is 14.3 Å². The van der Waals surface area contributed by atoms with Crippen LogP contribution in [0.25, 0.3) is 0 Å². The summed E-state index contributed by atoms with van der Waals surface area (Å²) in [6.07, 6.45) is 1.53. The van der Waals surface area contributed by atoms with Gasteiger partial charge in [-0.05, 0) is 26.0 Å². The van der Waals surface area contributed by atoms with Gasteiger partial charge in [0.2, 0.25) is 0 Å². The van der Waals surface area contributed by atoms with Crippen LogP contribution in [0.3, 0.4) is 0 Å². The highest BCUT2D eigenvalue weighted by atomic mass is 16.5. The van der Waals surface area contributed by atoms with Crippen LogP contribution >= 0.6 is 0 Å².